The SMILES string of the molecule is CN(C)S(=O)(=O)c1cccc(C(C)(C)N)c1. The van der Waals surface area contributed by atoms with E-state index in [2.05, 4.69) is 0 Å². The normalized spacial score (nSPS) is 13.1. The first-order chi connectivity index (χ1) is 7.15. The topological polar surface area (TPSA) is 63.4 Å². The minimum absolute atomic E-state index is 0.272. The van der Waals surface area contributed by atoms with Gasteiger partial charge in [0.2, 0.25) is 10.0 Å². The molecule has 0 aromatic heterocycles. The largest absolute Gasteiger partial charge is 0.322 e. The number of nitrogens with two attached hydrogens (primary N) is 1. The van der Waals surface area contributed by atoms with Crippen LogP contribution in [0.3, 0.4) is 0 Å². The Morgan fingerprint density at radius 1 is 1.25 bits per heavy atom. The number of benzene rings is 1. The Morgan fingerprint density at radius 3 is 2.25 bits per heavy atom. The molecule has 0 fully saturated rings. The van der Waals surface area contributed by atoms with Gasteiger partial charge in [0, 0.05) is 19.6 Å². The van der Waals surface area contributed by atoms with Crippen molar-refractivity contribution in [2.24, 2.45) is 5.73 Å². The van der Waals surface area contributed by atoms with Crippen LogP contribution in [0.1, 0.15) is 19.4 Å². The van der Waals surface area contributed by atoms with Gasteiger partial charge in [-0.15, -0.1) is 0 Å². The molecule has 0 radical (unpaired) electrons. The molecule has 1 aromatic carbocycles. The van der Waals surface area contributed by atoms with E-state index in [1.54, 1.807) is 18.2 Å². The summed E-state index contributed by atoms with van der Waals surface area (Å²) in [5, 5.41) is 0. The highest BCUT2D eigenvalue weighted by molar-refractivity contribution is 7.89. The first kappa shape index (κ1) is 13.2. The van der Waals surface area contributed by atoms with Crippen LogP contribution >= 0.6 is 0 Å². The lowest BCUT2D eigenvalue weighted by Crippen LogP contribution is -2.29. The van der Waals surface area contributed by atoms with Crippen LogP contribution in [0.5, 0.6) is 0 Å². The van der Waals surface area contributed by atoms with Crippen LogP contribution in [0.2, 0.25) is 0 Å². The molecule has 2 N–H and O–H groups in total. The molecule has 1 rings (SSSR count). The molecule has 0 saturated heterocycles. The van der Waals surface area contributed by atoms with Crippen LogP contribution in [0.4, 0.5) is 0 Å². The monoisotopic (exact) mass is 242 g/mol. The third kappa shape index (κ3) is 2.61. The number of sulfonamides is 1. The predicted molar refractivity (Wildman–Crippen MR) is 64.5 cm³/mol. The molecule has 0 unspecified atom stereocenters. The van der Waals surface area contributed by atoms with Crippen LogP contribution < -0.4 is 5.73 Å². The van der Waals surface area contributed by atoms with E-state index >= 15 is 0 Å². The van der Waals surface area contributed by atoms with Gasteiger partial charge in [-0.1, -0.05) is 12.1 Å². The van der Waals surface area contributed by atoms with Gasteiger partial charge in [-0.05, 0) is 31.5 Å². The zero-order valence-electron chi connectivity index (χ0n) is 10.1. The first-order valence-electron chi connectivity index (χ1n) is 4.97. The quantitative estimate of drug-likeness (QED) is 0.864. The van der Waals surface area contributed by atoms with Gasteiger partial charge >= 0.3 is 0 Å². The van der Waals surface area contributed by atoms with Crippen LogP contribution in [0, 0.1) is 0 Å². The second kappa shape index (κ2) is 4.16. The van der Waals surface area contributed by atoms with Crippen molar-refractivity contribution in [3.63, 3.8) is 0 Å². The Kier molecular flexibility index (Phi) is 3.42. The standard InChI is InChI=1S/C11H18N2O2S/c1-11(2,12)9-6-5-7-10(8-9)16(14,15)13(3)4/h5-8H,12H2,1-4H3. The Labute approximate surface area is 97.1 Å². The Balaban J connectivity index is 3.30. The minimum atomic E-state index is -3.38. The fraction of sp³-hybridized carbons (Fsp3) is 0.455. The molecule has 0 aliphatic rings. The van der Waals surface area contributed by atoms with Crippen LogP contribution in [-0.2, 0) is 15.6 Å². The number of hydrogen-bond donors (Lipinski definition) is 1. The summed E-state index contributed by atoms with van der Waals surface area (Å²) in [5.41, 5.74) is 6.19. The van der Waals surface area contributed by atoms with Gasteiger partial charge in [-0.25, -0.2) is 12.7 Å². The number of nitrogens with zero attached hydrogens (tertiary/aromatic N) is 1. The van der Waals surface area contributed by atoms with Crippen molar-refractivity contribution in [1.29, 1.82) is 0 Å². The third-order valence-electron chi connectivity index (χ3n) is 2.36. The molecule has 0 spiro atoms. The molecule has 1 aromatic rings. The third-order valence-corrected chi connectivity index (χ3v) is 4.17. The highest BCUT2D eigenvalue weighted by Gasteiger charge is 2.20. The molecule has 0 atom stereocenters. The lowest BCUT2D eigenvalue weighted by Gasteiger charge is -2.20. The Morgan fingerprint density at radius 2 is 1.81 bits per heavy atom. The van der Waals surface area contributed by atoms with Crippen molar-refractivity contribution in [3.8, 4) is 0 Å². The number of rotatable bonds is 3. The van der Waals surface area contributed by atoms with Gasteiger partial charge in [0.15, 0.2) is 0 Å². The zero-order chi connectivity index (χ0) is 12.6. The highest BCUT2D eigenvalue weighted by Crippen LogP contribution is 2.21. The maximum Gasteiger partial charge on any atom is 0.242 e. The molecule has 0 amide bonds. The molecule has 90 valence electrons. The molecule has 16 heavy (non-hydrogen) atoms. The van der Waals surface area contributed by atoms with Crippen LogP contribution in [-0.4, -0.2) is 26.8 Å². The molecule has 0 aliphatic heterocycles. The van der Waals surface area contributed by atoms with Crippen molar-refractivity contribution in [2.75, 3.05) is 14.1 Å². The Hall–Kier alpha value is -0.910. The molecule has 5 heteroatoms. The molecule has 0 heterocycles. The van der Waals surface area contributed by atoms with E-state index in [0.29, 0.717) is 0 Å². The summed E-state index contributed by atoms with van der Waals surface area (Å²) in [5.74, 6) is 0. The molecular weight excluding hydrogens is 224 g/mol. The highest BCUT2D eigenvalue weighted by atomic mass is 32.2. The molecule has 4 nitrogen and oxygen atoms in total. The predicted octanol–water partition coefficient (Wildman–Crippen LogP) is 1.13. The maximum atomic E-state index is 11.9. The van der Waals surface area contributed by atoms with Crippen molar-refractivity contribution >= 4 is 10.0 Å². The lowest BCUT2D eigenvalue weighted by molar-refractivity contribution is 0.519. The molecule has 0 bridgehead atoms. The van der Waals surface area contributed by atoms with Crippen molar-refractivity contribution in [3.05, 3.63) is 29.8 Å². The van der Waals surface area contributed by atoms with E-state index in [-0.39, 0.29) is 4.90 Å². The van der Waals surface area contributed by atoms with E-state index in [1.807, 2.05) is 19.9 Å². The van der Waals surface area contributed by atoms with Gasteiger partial charge < -0.3 is 5.73 Å². The molecular formula is C11H18N2O2S. The average molecular weight is 242 g/mol. The van der Waals surface area contributed by atoms with Gasteiger partial charge in [-0.2, -0.15) is 0 Å². The zero-order valence-corrected chi connectivity index (χ0v) is 10.9. The summed E-state index contributed by atoms with van der Waals surface area (Å²) in [6.45, 7) is 3.68. The lowest BCUT2D eigenvalue weighted by atomic mass is 9.96. The van der Waals surface area contributed by atoms with E-state index in [9.17, 15) is 8.42 Å². The van der Waals surface area contributed by atoms with Gasteiger partial charge in [0.05, 0.1) is 4.90 Å². The summed E-state index contributed by atoms with van der Waals surface area (Å²) in [6.07, 6.45) is 0. The van der Waals surface area contributed by atoms with Gasteiger partial charge in [0.1, 0.15) is 0 Å². The van der Waals surface area contributed by atoms with E-state index in [0.717, 1.165) is 5.56 Å². The second-order valence-corrected chi connectivity index (χ2v) is 6.69. The van der Waals surface area contributed by atoms with Gasteiger partial charge in [0.25, 0.3) is 0 Å². The van der Waals surface area contributed by atoms with Crippen LogP contribution in [0.25, 0.3) is 0 Å². The van der Waals surface area contributed by atoms with Crippen molar-refractivity contribution < 1.29 is 8.42 Å². The van der Waals surface area contributed by atoms with Crippen LogP contribution in [0.15, 0.2) is 29.2 Å². The Bertz CT molecular complexity index is 473. The van der Waals surface area contributed by atoms with Gasteiger partial charge in [-0.3, -0.25) is 0 Å². The summed E-state index contributed by atoms with van der Waals surface area (Å²) in [4.78, 5) is 0.272. The average Bonchev–Trinajstić information content (AvgIpc) is 2.16. The summed E-state index contributed by atoms with van der Waals surface area (Å²) < 4.78 is 25.0. The smallest absolute Gasteiger partial charge is 0.242 e. The summed E-state index contributed by atoms with van der Waals surface area (Å²) >= 11 is 0. The molecule has 0 aliphatic carbocycles. The summed E-state index contributed by atoms with van der Waals surface area (Å²) in [7, 11) is -0.363. The summed E-state index contributed by atoms with van der Waals surface area (Å²) in [6, 6.07) is 6.73. The maximum absolute atomic E-state index is 11.9. The number of hydrogen-bond acceptors (Lipinski definition) is 3. The first-order valence-corrected chi connectivity index (χ1v) is 6.41. The fourth-order valence-corrected chi connectivity index (χ4v) is 2.22. The fourth-order valence-electron chi connectivity index (χ4n) is 1.27. The van der Waals surface area contributed by atoms with E-state index < -0.39 is 15.6 Å². The van der Waals surface area contributed by atoms with Crippen molar-refractivity contribution in [2.45, 2.75) is 24.3 Å². The van der Waals surface area contributed by atoms with Crippen molar-refractivity contribution in [1.82, 2.24) is 4.31 Å². The second-order valence-electron chi connectivity index (χ2n) is 4.54. The van der Waals surface area contributed by atoms with E-state index in [1.165, 1.54) is 18.4 Å². The molecule has 0 saturated carbocycles. The van der Waals surface area contributed by atoms with E-state index in [4.69, 9.17) is 5.73 Å². The minimum Gasteiger partial charge on any atom is -0.322 e.